The Kier molecular flexibility index (Phi) is 6.80. The molecule has 0 aliphatic rings. The Bertz CT molecular complexity index is 855. The molecule has 1 N–H and O–H groups in total. The van der Waals surface area contributed by atoms with Crippen LogP contribution < -0.4 is 14.8 Å². The van der Waals surface area contributed by atoms with E-state index in [1.54, 1.807) is 13.0 Å². The number of nitro benzene ring substituents is 1. The monoisotopic (exact) mass is 398 g/mol. The van der Waals surface area contributed by atoms with Gasteiger partial charge in [0.15, 0.2) is 12.4 Å². The first-order valence-electron chi connectivity index (χ1n) is 8.17. The maximum absolute atomic E-state index is 12.2. The average molecular weight is 398 g/mol. The molecule has 0 radical (unpaired) electrons. The van der Waals surface area contributed by atoms with Crippen LogP contribution >= 0.6 is 0 Å². The van der Waals surface area contributed by atoms with Crippen LogP contribution in [0.4, 0.5) is 18.9 Å². The Morgan fingerprint density at radius 1 is 1.18 bits per heavy atom. The summed E-state index contributed by atoms with van der Waals surface area (Å²) >= 11 is 0. The van der Waals surface area contributed by atoms with Crippen molar-refractivity contribution in [1.29, 1.82) is 0 Å². The summed E-state index contributed by atoms with van der Waals surface area (Å²) < 4.78 is 46.4. The molecule has 2 aromatic rings. The molecule has 0 aromatic heterocycles. The number of hydrogen-bond donors (Lipinski definition) is 1. The van der Waals surface area contributed by atoms with Crippen LogP contribution in [0.1, 0.15) is 22.8 Å². The quantitative estimate of drug-likeness (QED) is 0.539. The highest BCUT2D eigenvalue weighted by Crippen LogP contribution is 2.28. The fourth-order valence-electron chi connectivity index (χ4n) is 2.27. The van der Waals surface area contributed by atoms with Gasteiger partial charge >= 0.3 is 11.9 Å². The maximum atomic E-state index is 12.2. The van der Waals surface area contributed by atoms with Gasteiger partial charge in [-0.2, -0.15) is 13.2 Å². The minimum atomic E-state index is -4.45. The standard InChI is InChI=1S/C18H17F3N2O5/c1-2-27-16-7-6-13(9-15(16)23(25)26)17(24)22-10-12-4-3-5-14(8-12)28-11-18(19,20)21/h3-9H,2,10-11H2,1H3,(H,22,24). The second-order valence-corrected chi connectivity index (χ2v) is 5.61. The van der Waals surface area contributed by atoms with Crippen molar-refractivity contribution in [2.24, 2.45) is 0 Å². The molecule has 0 unspecified atom stereocenters. The van der Waals surface area contributed by atoms with Crippen molar-refractivity contribution in [3.63, 3.8) is 0 Å². The van der Waals surface area contributed by atoms with E-state index < -0.39 is 23.6 Å². The molecule has 0 fully saturated rings. The maximum Gasteiger partial charge on any atom is 0.422 e. The van der Waals surface area contributed by atoms with Gasteiger partial charge in [-0.1, -0.05) is 12.1 Å². The lowest BCUT2D eigenvalue weighted by molar-refractivity contribution is -0.385. The van der Waals surface area contributed by atoms with Gasteiger partial charge in [0, 0.05) is 18.2 Å². The van der Waals surface area contributed by atoms with Crippen LogP contribution in [0.2, 0.25) is 0 Å². The summed E-state index contributed by atoms with van der Waals surface area (Å²) in [5.74, 6) is -0.507. The second-order valence-electron chi connectivity index (χ2n) is 5.61. The molecule has 0 aliphatic carbocycles. The van der Waals surface area contributed by atoms with Gasteiger partial charge in [-0.25, -0.2) is 0 Å². The van der Waals surface area contributed by atoms with Crippen LogP contribution in [-0.4, -0.2) is 30.2 Å². The van der Waals surface area contributed by atoms with Crippen LogP contribution in [0.3, 0.4) is 0 Å². The van der Waals surface area contributed by atoms with Crippen molar-refractivity contribution in [3.05, 3.63) is 63.7 Å². The number of nitro groups is 1. The highest BCUT2D eigenvalue weighted by Gasteiger charge is 2.28. The SMILES string of the molecule is CCOc1ccc(C(=O)NCc2cccc(OCC(F)(F)F)c2)cc1[N+](=O)[O-]. The number of rotatable bonds is 8. The number of carbonyl (C=O) groups is 1. The van der Waals surface area contributed by atoms with Crippen LogP contribution in [0, 0.1) is 10.1 Å². The zero-order valence-corrected chi connectivity index (χ0v) is 14.8. The zero-order chi connectivity index (χ0) is 20.7. The smallest absolute Gasteiger partial charge is 0.422 e. The van der Waals surface area contributed by atoms with Gasteiger partial charge in [-0.05, 0) is 36.8 Å². The Hall–Kier alpha value is -3.30. The molecule has 150 valence electrons. The van der Waals surface area contributed by atoms with Crippen molar-refractivity contribution in [2.45, 2.75) is 19.6 Å². The fourth-order valence-corrected chi connectivity index (χ4v) is 2.27. The highest BCUT2D eigenvalue weighted by atomic mass is 19.4. The number of halogens is 3. The zero-order valence-electron chi connectivity index (χ0n) is 14.8. The molecule has 0 atom stereocenters. The van der Waals surface area contributed by atoms with Crippen molar-refractivity contribution in [2.75, 3.05) is 13.2 Å². The first-order chi connectivity index (χ1) is 13.2. The Balaban J connectivity index is 2.04. The predicted molar refractivity (Wildman–Crippen MR) is 93.4 cm³/mol. The number of benzene rings is 2. The average Bonchev–Trinajstić information content (AvgIpc) is 2.64. The summed E-state index contributed by atoms with van der Waals surface area (Å²) in [5.41, 5.74) is 0.227. The number of alkyl halides is 3. The molecule has 1 amide bonds. The van der Waals surface area contributed by atoms with E-state index in [9.17, 15) is 28.1 Å². The first kappa shape index (κ1) is 21.0. The minimum absolute atomic E-state index is 0.00304. The van der Waals surface area contributed by atoms with E-state index in [1.165, 1.54) is 30.3 Å². The van der Waals surface area contributed by atoms with Gasteiger partial charge in [-0.15, -0.1) is 0 Å². The fraction of sp³-hybridized carbons (Fsp3) is 0.278. The van der Waals surface area contributed by atoms with Crippen molar-refractivity contribution < 1.29 is 32.4 Å². The summed E-state index contributed by atoms with van der Waals surface area (Å²) in [6.07, 6.45) is -4.45. The van der Waals surface area contributed by atoms with Crippen LogP contribution in [0.25, 0.3) is 0 Å². The van der Waals surface area contributed by atoms with Crippen molar-refractivity contribution >= 4 is 11.6 Å². The van der Waals surface area contributed by atoms with E-state index in [2.05, 4.69) is 10.1 Å². The summed E-state index contributed by atoms with van der Waals surface area (Å²) in [6.45, 7) is 0.498. The van der Waals surface area contributed by atoms with E-state index in [-0.39, 0.29) is 35.9 Å². The molecule has 28 heavy (non-hydrogen) atoms. The number of carbonyl (C=O) groups excluding carboxylic acids is 1. The van der Waals surface area contributed by atoms with Gasteiger partial charge in [0.05, 0.1) is 11.5 Å². The van der Waals surface area contributed by atoms with E-state index in [0.29, 0.717) is 5.56 Å². The molecule has 7 nitrogen and oxygen atoms in total. The number of nitrogens with zero attached hydrogens (tertiary/aromatic N) is 1. The Morgan fingerprint density at radius 2 is 1.93 bits per heavy atom. The number of ether oxygens (including phenoxy) is 2. The lowest BCUT2D eigenvalue weighted by atomic mass is 10.1. The minimum Gasteiger partial charge on any atom is -0.487 e. The molecule has 0 saturated carbocycles. The van der Waals surface area contributed by atoms with E-state index in [4.69, 9.17) is 4.74 Å². The molecule has 0 heterocycles. The number of nitrogens with one attached hydrogen (secondary N) is 1. The van der Waals surface area contributed by atoms with Crippen LogP contribution in [0.5, 0.6) is 11.5 Å². The van der Waals surface area contributed by atoms with Crippen LogP contribution in [0.15, 0.2) is 42.5 Å². The van der Waals surface area contributed by atoms with Gasteiger partial charge in [0.1, 0.15) is 5.75 Å². The second kappa shape index (κ2) is 9.07. The molecule has 0 aliphatic heterocycles. The van der Waals surface area contributed by atoms with Gasteiger partial charge < -0.3 is 14.8 Å². The summed E-state index contributed by atoms with van der Waals surface area (Å²) in [5, 5.41) is 13.7. The summed E-state index contributed by atoms with van der Waals surface area (Å²) in [6, 6.07) is 9.65. The molecular weight excluding hydrogens is 381 g/mol. The van der Waals surface area contributed by atoms with E-state index in [1.807, 2.05) is 0 Å². The largest absolute Gasteiger partial charge is 0.487 e. The molecular formula is C18H17F3N2O5. The lowest BCUT2D eigenvalue weighted by Gasteiger charge is -2.11. The third-order valence-electron chi connectivity index (χ3n) is 3.47. The van der Waals surface area contributed by atoms with E-state index >= 15 is 0 Å². The molecule has 0 bridgehead atoms. The molecule has 2 rings (SSSR count). The molecule has 10 heteroatoms. The van der Waals surface area contributed by atoms with E-state index in [0.717, 1.165) is 6.07 Å². The predicted octanol–water partition coefficient (Wildman–Crippen LogP) is 3.86. The highest BCUT2D eigenvalue weighted by molar-refractivity contribution is 5.95. The topological polar surface area (TPSA) is 90.7 Å². The van der Waals surface area contributed by atoms with Crippen LogP contribution in [-0.2, 0) is 6.54 Å². The van der Waals surface area contributed by atoms with Crippen molar-refractivity contribution in [1.82, 2.24) is 5.32 Å². The van der Waals surface area contributed by atoms with Crippen molar-refractivity contribution in [3.8, 4) is 11.5 Å². The number of hydrogen-bond acceptors (Lipinski definition) is 5. The number of amides is 1. The Labute approximate surface area is 158 Å². The third-order valence-corrected chi connectivity index (χ3v) is 3.47. The first-order valence-corrected chi connectivity index (χ1v) is 8.17. The molecule has 0 spiro atoms. The Morgan fingerprint density at radius 3 is 2.57 bits per heavy atom. The third kappa shape index (κ3) is 6.15. The van der Waals surface area contributed by atoms with Gasteiger partial charge in [0.2, 0.25) is 0 Å². The molecule has 0 saturated heterocycles. The van der Waals surface area contributed by atoms with Gasteiger partial charge in [-0.3, -0.25) is 14.9 Å². The summed E-state index contributed by atoms with van der Waals surface area (Å²) in [4.78, 5) is 22.7. The molecule has 2 aromatic carbocycles. The lowest BCUT2D eigenvalue weighted by Crippen LogP contribution is -2.23. The van der Waals surface area contributed by atoms with Gasteiger partial charge in [0.25, 0.3) is 5.91 Å². The summed E-state index contributed by atoms with van der Waals surface area (Å²) in [7, 11) is 0. The normalized spacial score (nSPS) is 11.0.